The third kappa shape index (κ3) is 5.71. The fourth-order valence-corrected chi connectivity index (χ4v) is 2.61. The first-order chi connectivity index (χ1) is 11.6. The average molecular weight is 400 g/mol. The van der Waals surface area contributed by atoms with Gasteiger partial charge >= 0.3 is 5.97 Å². The SMILES string of the molecule is CCOC(C(=O)OCCN(C)C)(c1ccccc1)c1ccccc1.Cl.Cl. The number of halogens is 2. The monoisotopic (exact) mass is 399 g/mol. The quantitative estimate of drug-likeness (QED) is 0.630. The summed E-state index contributed by atoms with van der Waals surface area (Å²) in [7, 11) is 3.88. The zero-order valence-corrected chi connectivity index (χ0v) is 17.0. The number of hydrogen-bond donors (Lipinski definition) is 0. The molecule has 0 aliphatic rings. The molecule has 0 fully saturated rings. The summed E-state index contributed by atoms with van der Waals surface area (Å²) in [5, 5.41) is 0. The molecule has 0 radical (unpaired) electrons. The summed E-state index contributed by atoms with van der Waals surface area (Å²) in [5.74, 6) is -0.386. The second kappa shape index (κ2) is 11.9. The lowest BCUT2D eigenvalue weighted by molar-refractivity contribution is -0.168. The van der Waals surface area contributed by atoms with Gasteiger partial charge in [0.1, 0.15) is 6.61 Å². The Balaban J connectivity index is 0.00000312. The summed E-state index contributed by atoms with van der Waals surface area (Å²) in [6, 6.07) is 19.0. The molecule has 2 aromatic rings. The van der Waals surface area contributed by atoms with E-state index in [1.807, 2.05) is 86.6 Å². The molecule has 0 aliphatic heterocycles. The molecule has 0 bridgehead atoms. The lowest BCUT2D eigenvalue weighted by Crippen LogP contribution is -2.42. The number of esters is 1. The molecule has 0 unspecified atom stereocenters. The van der Waals surface area contributed by atoms with Gasteiger partial charge in [0.05, 0.1) is 0 Å². The number of carbonyl (C=O) groups excluding carboxylic acids is 1. The molecule has 26 heavy (non-hydrogen) atoms. The van der Waals surface area contributed by atoms with Gasteiger partial charge in [-0.1, -0.05) is 60.7 Å². The fraction of sp³-hybridized carbons (Fsp3) is 0.350. The van der Waals surface area contributed by atoms with Crippen LogP contribution in [0.5, 0.6) is 0 Å². The maximum Gasteiger partial charge on any atom is 0.347 e. The molecule has 0 heterocycles. The van der Waals surface area contributed by atoms with E-state index >= 15 is 0 Å². The van der Waals surface area contributed by atoms with Crippen molar-refractivity contribution in [2.24, 2.45) is 0 Å². The summed E-state index contributed by atoms with van der Waals surface area (Å²) in [5.41, 5.74) is 0.296. The van der Waals surface area contributed by atoms with E-state index in [9.17, 15) is 4.79 Å². The van der Waals surface area contributed by atoms with Gasteiger partial charge in [0.2, 0.25) is 5.60 Å². The predicted octanol–water partition coefficient (Wildman–Crippen LogP) is 3.92. The Morgan fingerprint density at radius 2 is 1.38 bits per heavy atom. The van der Waals surface area contributed by atoms with E-state index < -0.39 is 5.60 Å². The Kier molecular flexibility index (Phi) is 11.2. The van der Waals surface area contributed by atoms with Gasteiger partial charge in [-0.25, -0.2) is 4.79 Å². The van der Waals surface area contributed by atoms with Crippen molar-refractivity contribution in [2.75, 3.05) is 33.9 Å². The molecular weight excluding hydrogens is 373 g/mol. The minimum absolute atomic E-state index is 0. The smallest absolute Gasteiger partial charge is 0.347 e. The maximum atomic E-state index is 13.1. The minimum atomic E-state index is -1.25. The van der Waals surface area contributed by atoms with Crippen LogP contribution in [0.25, 0.3) is 0 Å². The van der Waals surface area contributed by atoms with Crippen molar-refractivity contribution in [3.8, 4) is 0 Å². The van der Waals surface area contributed by atoms with Crippen LogP contribution in [-0.4, -0.2) is 44.7 Å². The third-order valence-electron chi connectivity index (χ3n) is 3.78. The lowest BCUT2D eigenvalue weighted by Gasteiger charge is -2.32. The third-order valence-corrected chi connectivity index (χ3v) is 3.78. The number of carbonyl (C=O) groups is 1. The van der Waals surface area contributed by atoms with Crippen LogP contribution >= 0.6 is 24.8 Å². The zero-order chi connectivity index (χ0) is 17.4. The summed E-state index contributed by atoms with van der Waals surface area (Å²) in [4.78, 5) is 15.0. The molecular formula is C20H27Cl2NO3. The predicted molar refractivity (Wildman–Crippen MR) is 109 cm³/mol. The molecule has 0 atom stereocenters. The highest BCUT2D eigenvalue weighted by molar-refractivity contribution is 5.86. The Morgan fingerprint density at radius 1 is 0.923 bits per heavy atom. The van der Waals surface area contributed by atoms with Gasteiger partial charge in [0.25, 0.3) is 0 Å². The Bertz CT molecular complexity index is 597. The molecule has 2 aromatic carbocycles. The van der Waals surface area contributed by atoms with Gasteiger partial charge in [0.15, 0.2) is 0 Å². The topological polar surface area (TPSA) is 38.8 Å². The van der Waals surface area contributed by atoms with Crippen LogP contribution in [0.4, 0.5) is 0 Å². The molecule has 2 rings (SSSR count). The highest BCUT2D eigenvalue weighted by Gasteiger charge is 2.44. The van der Waals surface area contributed by atoms with Crippen molar-refractivity contribution in [3.63, 3.8) is 0 Å². The minimum Gasteiger partial charge on any atom is -0.462 e. The normalized spacial score (nSPS) is 10.6. The van der Waals surface area contributed by atoms with E-state index in [0.717, 1.165) is 11.1 Å². The Labute approximate surface area is 168 Å². The molecule has 4 nitrogen and oxygen atoms in total. The molecule has 144 valence electrons. The number of rotatable bonds is 8. The van der Waals surface area contributed by atoms with E-state index in [0.29, 0.717) is 19.8 Å². The molecule has 0 aromatic heterocycles. The van der Waals surface area contributed by atoms with Crippen LogP contribution < -0.4 is 0 Å². The number of likely N-dealkylation sites (N-methyl/N-ethyl adjacent to an activating group) is 1. The van der Waals surface area contributed by atoms with Crippen LogP contribution in [0.2, 0.25) is 0 Å². The largest absolute Gasteiger partial charge is 0.462 e. The van der Waals surface area contributed by atoms with Crippen LogP contribution in [0.1, 0.15) is 18.1 Å². The number of hydrogen-bond acceptors (Lipinski definition) is 4. The van der Waals surface area contributed by atoms with Gasteiger partial charge in [-0.2, -0.15) is 0 Å². The van der Waals surface area contributed by atoms with E-state index in [1.165, 1.54) is 0 Å². The molecule has 0 aliphatic carbocycles. The second-order valence-electron chi connectivity index (χ2n) is 5.79. The van der Waals surface area contributed by atoms with Crippen molar-refractivity contribution < 1.29 is 14.3 Å². The van der Waals surface area contributed by atoms with Crippen molar-refractivity contribution in [3.05, 3.63) is 71.8 Å². The van der Waals surface area contributed by atoms with Gasteiger partial charge in [0, 0.05) is 13.2 Å². The second-order valence-corrected chi connectivity index (χ2v) is 5.79. The van der Waals surface area contributed by atoms with Gasteiger partial charge in [-0.05, 0) is 32.1 Å². The molecule has 0 N–H and O–H groups in total. The van der Waals surface area contributed by atoms with Gasteiger partial charge < -0.3 is 14.4 Å². The highest BCUT2D eigenvalue weighted by Crippen LogP contribution is 2.35. The van der Waals surface area contributed by atoms with E-state index in [-0.39, 0.29) is 30.8 Å². The van der Waals surface area contributed by atoms with Gasteiger partial charge in [-0.15, -0.1) is 24.8 Å². The van der Waals surface area contributed by atoms with Crippen molar-refractivity contribution >= 4 is 30.8 Å². The standard InChI is InChI=1S/C20H25NO3.2ClH/c1-4-24-20(17-11-7-5-8-12-17,18-13-9-6-10-14-18)19(22)23-16-15-21(2)3;;/h5-14H,4,15-16H2,1-3H3;2*1H. The first-order valence-corrected chi connectivity index (χ1v) is 8.18. The van der Waals surface area contributed by atoms with Gasteiger partial charge in [-0.3, -0.25) is 0 Å². The summed E-state index contributed by atoms with van der Waals surface area (Å²) in [6.45, 7) is 3.26. The Morgan fingerprint density at radius 3 is 1.77 bits per heavy atom. The molecule has 0 saturated heterocycles. The van der Waals surface area contributed by atoms with Crippen molar-refractivity contribution in [1.29, 1.82) is 0 Å². The first kappa shape index (κ1) is 24.4. The van der Waals surface area contributed by atoms with Crippen molar-refractivity contribution in [2.45, 2.75) is 12.5 Å². The number of nitrogens with zero attached hydrogens (tertiary/aromatic N) is 1. The van der Waals surface area contributed by atoms with Crippen LogP contribution in [-0.2, 0) is 19.9 Å². The zero-order valence-electron chi connectivity index (χ0n) is 15.4. The average Bonchev–Trinajstić information content (AvgIpc) is 2.60. The number of benzene rings is 2. The lowest BCUT2D eigenvalue weighted by atomic mass is 9.86. The van der Waals surface area contributed by atoms with Crippen molar-refractivity contribution in [1.82, 2.24) is 4.90 Å². The summed E-state index contributed by atoms with van der Waals surface area (Å²) >= 11 is 0. The first-order valence-electron chi connectivity index (χ1n) is 8.18. The maximum absolute atomic E-state index is 13.1. The van der Waals surface area contributed by atoms with E-state index in [4.69, 9.17) is 9.47 Å². The number of ether oxygens (including phenoxy) is 2. The fourth-order valence-electron chi connectivity index (χ4n) is 2.61. The van der Waals surface area contributed by atoms with Crippen LogP contribution in [0.3, 0.4) is 0 Å². The van der Waals surface area contributed by atoms with Crippen LogP contribution in [0.15, 0.2) is 60.7 Å². The van der Waals surface area contributed by atoms with E-state index in [2.05, 4.69) is 0 Å². The summed E-state index contributed by atoms with van der Waals surface area (Å²) < 4.78 is 11.6. The Hall–Kier alpha value is -1.59. The molecule has 6 heteroatoms. The highest BCUT2D eigenvalue weighted by atomic mass is 35.5. The molecule has 0 amide bonds. The molecule has 0 spiro atoms. The molecule has 0 saturated carbocycles. The van der Waals surface area contributed by atoms with Crippen LogP contribution in [0, 0.1) is 0 Å². The van der Waals surface area contributed by atoms with E-state index in [1.54, 1.807) is 0 Å². The summed E-state index contributed by atoms with van der Waals surface area (Å²) in [6.07, 6.45) is 0.